The molecule has 0 amide bonds. The molecule has 0 atom stereocenters. The average molecular weight is 297 g/mol. The van der Waals surface area contributed by atoms with Crippen molar-refractivity contribution < 1.29 is 13.2 Å². The molecule has 1 rings (SSSR count). The third-order valence-corrected chi connectivity index (χ3v) is 5.17. The van der Waals surface area contributed by atoms with Crippen molar-refractivity contribution in [1.82, 2.24) is 4.31 Å². The number of hydrogen-bond acceptors (Lipinski definition) is 3. The Labute approximate surface area is 121 Å². The van der Waals surface area contributed by atoms with Gasteiger partial charge in [-0.05, 0) is 32.4 Å². The molecule has 0 bridgehead atoms. The summed E-state index contributed by atoms with van der Waals surface area (Å²) in [6.07, 6.45) is 1.12. The lowest BCUT2D eigenvalue weighted by molar-refractivity contribution is 0.0988. The van der Waals surface area contributed by atoms with Crippen LogP contribution in [0, 0.1) is 0 Å². The van der Waals surface area contributed by atoms with E-state index in [-0.39, 0.29) is 16.7 Å². The lowest BCUT2D eigenvalue weighted by Crippen LogP contribution is -2.37. The minimum Gasteiger partial charge on any atom is -0.294 e. The van der Waals surface area contributed by atoms with E-state index in [1.165, 1.54) is 10.4 Å². The maximum atomic E-state index is 12.6. The molecule has 112 valence electrons. The maximum Gasteiger partial charge on any atom is 0.243 e. The molecule has 1 aromatic rings. The molecular formula is C15H23NO3S. The van der Waals surface area contributed by atoms with Gasteiger partial charge in [-0.1, -0.05) is 26.0 Å². The van der Waals surface area contributed by atoms with Crippen molar-refractivity contribution in [2.75, 3.05) is 6.54 Å². The van der Waals surface area contributed by atoms with E-state index in [4.69, 9.17) is 0 Å². The van der Waals surface area contributed by atoms with Gasteiger partial charge in [-0.3, -0.25) is 4.79 Å². The van der Waals surface area contributed by atoms with Crippen LogP contribution < -0.4 is 0 Å². The monoisotopic (exact) mass is 297 g/mol. The van der Waals surface area contributed by atoms with Gasteiger partial charge in [0.1, 0.15) is 0 Å². The molecule has 0 aliphatic heterocycles. The molecule has 0 heterocycles. The number of hydrogen-bond donors (Lipinski definition) is 0. The first kappa shape index (κ1) is 16.9. The fourth-order valence-corrected chi connectivity index (χ4v) is 3.82. The first-order valence-corrected chi connectivity index (χ1v) is 8.43. The lowest BCUT2D eigenvalue weighted by atomic mass is 10.1. The maximum absolute atomic E-state index is 12.6. The summed E-state index contributed by atoms with van der Waals surface area (Å²) in [5.74, 6) is -0.0476. The van der Waals surface area contributed by atoms with Crippen LogP contribution in [0.4, 0.5) is 0 Å². The number of ketones is 1. The van der Waals surface area contributed by atoms with Crippen molar-refractivity contribution in [3.8, 4) is 0 Å². The largest absolute Gasteiger partial charge is 0.294 e. The second kappa shape index (κ2) is 6.99. The van der Waals surface area contributed by atoms with E-state index in [1.54, 1.807) is 25.1 Å². The quantitative estimate of drug-likeness (QED) is 0.727. The molecule has 4 nitrogen and oxygen atoms in total. The number of benzene rings is 1. The highest BCUT2D eigenvalue weighted by atomic mass is 32.2. The molecule has 1 aromatic carbocycles. The van der Waals surface area contributed by atoms with E-state index in [9.17, 15) is 13.2 Å². The predicted octanol–water partition coefficient (Wildman–Crippen LogP) is 3.09. The lowest BCUT2D eigenvalue weighted by Gasteiger charge is -2.25. The van der Waals surface area contributed by atoms with Gasteiger partial charge in [-0.2, -0.15) is 4.31 Å². The number of rotatable bonds is 7. The topological polar surface area (TPSA) is 54.5 Å². The fraction of sp³-hybridized carbons (Fsp3) is 0.533. The Kier molecular flexibility index (Phi) is 5.89. The van der Waals surface area contributed by atoms with Crippen LogP contribution in [0.5, 0.6) is 0 Å². The Morgan fingerprint density at radius 1 is 1.25 bits per heavy atom. The van der Waals surface area contributed by atoms with Crippen LogP contribution in [0.2, 0.25) is 0 Å². The number of carbonyl (C=O) groups is 1. The molecule has 20 heavy (non-hydrogen) atoms. The highest BCUT2D eigenvalue weighted by molar-refractivity contribution is 7.89. The molecule has 0 N–H and O–H groups in total. The smallest absolute Gasteiger partial charge is 0.243 e. The average Bonchev–Trinajstić information content (AvgIpc) is 2.43. The molecule has 0 fully saturated rings. The van der Waals surface area contributed by atoms with Crippen LogP contribution in [-0.2, 0) is 10.0 Å². The zero-order valence-electron chi connectivity index (χ0n) is 12.6. The third-order valence-electron chi connectivity index (χ3n) is 3.10. The number of nitrogens with zero attached hydrogens (tertiary/aromatic N) is 1. The summed E-state index contributed by atoms with van der Waals surface area (Å²) < 4.78 is 26.8. The van der Waals surface area contributed by atoms with Crippen LogP contribution in [0.25, 0.3) is 0 Å². The van der Waals surface area contributed by atoms with E-state index in [0.29, 0.717) is 18.5 Å². The van der Waals surface area contributed by atoms with E-state index in [1.807, 2.05) is 20.8 Å². The van der Waals surface area contributed by atoms with Crippen molar-refractivity contribution in [2.24, 2.45) is 0 Å². The summed E-state index contributed by atoms with van der Waals surface area (Å²) in [6.45, 7) is 7.90. The molecule has 0 saturated carbocycles. The Bertz CT molecular complexity index is 564. The summed E-state index contributed by atoms with van der Waals surface area (Å²) in [4.78, 5) is 11.9. The Morgan fingerprint density at radius 2 is 1.90 bits per heavy atom. The van der Waals surface area contributed by atoms with Gasteiger partial charge in [-0.15, -0.1) is 0 Å². The number of carbonyl (C=O) groups excluding carboxylic acids is 1. The molecule has 0 unspecified atom stereocenters. The zero-order chi connectivity index (χ0) is 15.3. The standard InChI is InChI=1S/C15H23NO3S/c1-5-10-16(12(3)4)20(18,19)14-9-7-8-13(11-14)15(17)6-2/h7-9,11-12H,5-6,10H2,1-4H3. The van der Waals surface area contributed by atoms with Crippen LogP contribution in [-0.4, -0.2) is 31.1 Å². The van der Waals surface area contributed by atoms with Crippen molar-refractivity contribution in [3.63, 3.8) is 0 Å². The van der Waals surface area contributed by atoms with Gasteiger partial charge in [0.2, 0.25) is 10.0 Å². The predicted molar refractivity (Wildman–Crippen MR) is 80.4 cm³/mol. The summed E-state index contributed by atoms with van der Waals surface area (Å²) in [5.41, 5.74) is 0.453. The van der Waals surface area contributed by atoms with Gasteiger partial charge in [-0.25, -0.2) is 8.42 Å². The fourth-order valence-electron chi connectivity index (χ4n) is 2.05. The summed E-state index contributed by atoms with van der Waals surface area (Å²) >= 11 is 0. The van der Waals surface area contributed by atoms with Gasteiger partial charge in [0, 0.05) is 24.6 Å². The number of sulfonamides is 1. The molecule has 0 saturated heterocycles. The summed E-state index contributed by atoms with van der Waals surface area (Å²) in [5, 5.41) is 0. The minimum absolute atomic E-state index is 0.0476. The minimum atomic E-state index is -3.55. The van der Waals surface area contributed by atoms with Crippen molar-refractivity contribution in [2.45, 2.75) is 51.5 Å². The van der Waals surface area contributed by atoms with Gasteiger partial charge in [0.05, 0.1) is 4.90 Å². The molecular weight excluding hydrogens is 274 g/mol. The van der Waals surface area contributed by atoms with Crippen LogP contribution in [0.15, 0.2) is 29.2 Å². The number of Topliss-reactive ketones (excluding diaryl/α,β-unsaturated/α-hetero) is 1. The Balaban J connectivity index is 3.24. The van der Waals surface area contributed by atoms with Gasteiger partial charge in [0.15, 0.2) is 5.78 Å². The molecule has 0 aliphatic carbocycles. The summed E-state index contributed by atoms with van der Waals surface area (Å²) in [6, 6.07) is 6.20. The first-order chi connectivity index (χ1) is 9.34. The van der Waals surface area contributed by atoms with E-state index in [2.05, 4.69) is 0 Å². The molecule has 0 spiro atoms. The second-order valence-corrected chi connectivity index (χ2v) is 6.90. The Hall–Kier alpha value is -1.20. The van der Waals surface area contributed by atoms with E-state index >= 15 is 0 Å². The molecule has 5 heteroatoms. The van der Waals surface area contributed by atoms with Crippen molar-refractivity contribution >= 4 is 15.8 Å². The van der Waals surface area contributed by atoms with Crippen molar-refractivity contribution in [1.29, 1.82) is 0 Å². The van der Waals surface area contributed by atoms with Gasteiger partial charge >= 0.3 is 0 Å². The summed E-state index contributed by atoms with van der Waals surface area (Å²) in [7, 11) is -3.55. The molecule has 0 aliphatic rings. The van der Waals surface area contributed by atoms with Crippen LogP contribution in [0.1, 0.15) is 50.9 Å². The third kappa shape index (κ3) is 3.67. The van der Waals surface area contributed by atoms with Crippen LogP contribution in [0.3, 0.4) is 0 Å². The Morgan fingerprint density at radius 3 is 2.40 bits per heavy atom. The normalized spacial score (nSPS) is 12.1. The molecule has 0 aromatic heterocycles. The highest BCUT2D eigenvalue weighted by Crippen LogP contribution is 2.20. The van der Waals surface area contributed by atoms with E-state index < -0.39 is 10.0 Å². The highest BCUT2D eigenvalue weighted by Gasteiger charge is 2.26. The van der Waals surface area contributed by atoms with Gasteiger partial charge in [0.25, 0.3) is 0 Å². The zero-order valence-corrected chi connectivity index (χ0v) is 13.4. The second-order valence-electron chi connectivity index (χ2n) is 5.01. The molecule has 0 radical (unpaired) electrons. The van der Waals surface area contributed by atoms with Crippen molar-refractivity contribution in [3.05, 3.63) is 29.8 Å². The SMILES string of the molecule is CCCN(C(C)C)S(=O)(=O)c1cccc(C(=O)CC)c1. The van der Waals surface area contributed by atoms with Gasteiger partial charge < -0.3 is 0 Å². The first-order valence-electron chi connectivity index (χ1n) is 6.99. The van der Waals surface area contributed by atoms with E-state index in [0.717, 1.165) is 6.42 Å². The van der Waals surface area contributed by atoms with Crippen LogP contribution >= 0.6 is 0 Å².